The lowest BCUT2D eigenvalue weighted by atomic mass is 10.1. The first-order valence-electron chi connectivity index (χ1n) is 4.94. The monoisotopic (exact) mass is 269 g/mol. The van der Waals surface area contributed by atoms with Crippen LogP contribution in [-0.4, -0.2) is 6.61 Å². The highest BCUT2D eigenvalue weighted by atomic mass is 79.9. The van der Waals surface area contributed by atoms with Crippen molar-refractivity contribution in [3.63, 3.8) is 0 Å². The molecule has 3 heteroatoms. The molecule has 0 spiro atoms. The second-order valence-electron chi connectivity index (χ2n) is 3.35. The third kappa shape index (κ3) is 3.68. The summed E-state index contributed by atoms with van der Waals surface area (Å²) in [5.74, 6) is 0.845. The minimum atomic E-state index is -0.0151. The summed E-state index contributed by atoms with van der Waals surface area (Å²) in [7, 11) is 0. The highest BCUT2D eigenvalue weighted by Gasteiger charge is 2.07. The fourth-order valence-electron chi connectivity index (χ4n) is 1.24. The minimum Gasteiger partial charge on any atom is -0.489 e. The van der Waals surface area contributed by atoms with Crippen molar-refractivity contribution in [2.24, 2.45) is 5.73 Å². The van der Waals surface area contributed by atoms with Crippen LogP contribution in [-0.2, 0) is 0 Å². The lowest BCUT2D eigenvalue weighted by Gasteiger charge is -2.13. The van der Waals surface area contributed by atoms with E-state index in [0.29, 0.717) is 6.61 Å². The second-order valence-corrected chi connectivity index (χ2v) is 4.27. The van der Waals surface area contributed by atoms with E-state index in [-0.39, 0.29) is 6.04 Å². The molecule has 1 aromatic rings. The summed E-state index contributed by atoms with van der Waals surface area (Å²) in [6, 6.07) is 5.89. The maximum atomic E-state index is 5.86. The number of allylic oxidation sites excluding steroid dienone is 1. The predicted octanol–water partition coefficient (Wildman–Crippen LogP) is 3.42. The molecular weight excluding hydrogens is 254 g/mol. The normalized spacial score (nSPS) is 13.1. The Morgan fingerprint density at radius 3 is 2.87 bits per heavy atom. The summed E-state index contributed by atoms with van der Waals surface area (Å²) >= 11 is 3.42. The zero-order valence-electron chi connectivity index (χ0n) is 9.03. The van der Waals surface area contributed by atoms with Gasteiger partial charge >= 0.3 is 0 Å². The van der Waals surface area contributed by atoms with Gasteiger partial charge in [-0.1, -0.05) is 34.1 Å². The standard InChI is InChI=1S/C12H16BrNO/c1-3-4-7-15-12-8-10(13)5-6-11(12)9(2)14/h3-6,8-9H,7,14H2,1-2H3/b4-3+/t9-/m0/s1. The summed E-state index contributed by atoms with van der Waals surface area (Å²) in [4.78, 5) is 0. The molecule has 0 aromatic heterocycles. The van der Waals surface area contributed by atoms with E-state index >= 15 is 0 Å². The van der Waals surface area contributed by atoms with Gasteiger partial charge in [-0.3, -0.25) is 0 Å². The quantitative estimate of drug-likeness (QED) is 0.851. The average Bonchev–Trinajstić information content (AvgIpc) is 2.18. The maximum absolute atomic E-state index is 5.86. The molecule has 0 saturated heterocycles. The summed E-state index contributed by atoms with van der Waals surface area (Å²) < 4.78 is 6.63. The van der Waals surface area contributed by atoms with Crippen LogP contribution < -0.4 is 10.5 Å². The van der Waals surface area contributed by atoms with Crippen molar-refractivity contribution in [3.8, 4) is 5.75 Å². The molecule has 0 fully saturated rings. The van der Waals surface area contributed by atoms with Crippen LogP contribution in [0.4, 0.5) is 0 Å². The van der Waals surface area contributed by atoms with Gasteiger partial charge < -0.3 is 10.5 Å². The van der Waals surface area contributed by atoms with Gasteiger partial charge in [0.2, 0.25) is 0 Å². The molecule has 1 rings (SSSR count). The first kappa shape index (κ1) is 12.3. The molecule has 0 aliphatic rings. The molecule has 0 bridgehead atoms. The van der Waals surface area contributed by atoms with Gasteiger partial charge in [0.25, 0.3) is 0 Å². The Labute approximate surface area is 99.3 Å². The second kappa shape index (κ2) is 5.93. The highest BCUT2D eigenvalue weighted by Crippen LogP contribution is 2.27. The summed E-state index contributed by atoms with van der Waals surface area (Å²) in [6.45, 7) is 4.50. The number of hydrogen-bond acceptors (Lipinski definition) is 2. The van der Waals surface area contributed by atoms with Crippen LogP contribution in [0.2, 0.25) is 0 Å². The molecule has 15 heavy (non-hydrogen) atoms. The molecule has 0 saturated carbocycles. The van der Waals surface area contributed by atoms with Gasteiger partial charge in [0.05, 0.1) is 0 Å². The third-order valence-electron chi connectivity index (χ3n) is 2.04. The van der Waals surface area contributed by atoms with Crippen LogP contribution in [0.3, 0.4) is 0 Å². The number of hydrogen-bond donors (Lipinski definition) is 1. The number of rotatable bonds is 4. The summed E-state index contributed by atoms with van der Waals surface area (Å²) in [5.41, 5.74) is 6.89. The Balaban J connectivity index is 2.86. The van der Waals surface area contributed by atoms with Gasteiger partial charge in [0.1, 0.15) is 12.4 Å². The zero-order chi connectivity index (χ0) is 11.3. The molecule has 0 amide bonds. The lowest BCUT2D eigenvalue weighted by molar-refractivity contribution is 0.356. The molecule has 2 N–H and O–H groups in total. The van der Waals surface area contributed by atoms with E-state index in [4.69, 9.17) is 10.5 Å². The van der Waals surface area contributed by atoms with Crippen molar-refractivity contribution in [1.82, 2.24) is 0 Å². The molecular formula is C12H16BrNO. The van der Waals surface area contributed by atoms with Crippen molar-refractivity contribution in [3.05, 3.63) is 40.4 Å². The molecule has 82 valence electrons. The van der Waals surface area contributed by atoms with Crippen molar-refractivity contribution < 1.29 is 4.74 Å². The zero-order valence-corrected chi connectivity index (χ0v) is 10.6. The largest absolute Gasteiger partial charge is 0.489 e. The smallest absolute Gasteiger partial charge is 0.125 e. The van der Waals surface area contributed by atoms with Gasteiger partial charge in [-0.25, -0.2) is 0 Å². The molecule has 0 aliphatic carbocycles. The van der Waals surface area contributed by atoms with Gasteiger partial charge in [-0.05, 0) is 26.0 Å². The van der Waals surface area contributed by atoms with E-state index in [0.717, 1.165) is 15.8 Å². The van der Waals surface area contributed by atoms with Crippen molar-refractivity contribution in [1.29, 1.82) is 0 Å². The van der Waals surface area contributed by atoms with Gasteiger partial charge in [0, 0.05) is 16.1 Å². The van der Waals surface area contributed by atoms with Crippen molar-refractivity contribution in [2.45, 2.75) is 19.9 Å². The van der Waals surface area contributed by atoms with E-state index in [2.05, 4.69) is 15.9 Å². The van der Waals surface area contributed by atoms with E-state index < -0.39 is 0 Å². The number of ether oxygens (including phenoxy) is 1. The van der Waals surface area contributed by atoms with Crippen LogP contribution in [0.5, 0.6) is 5.75 Å². The van der Waals surface area contributed by atoms with E-state index in [1.165, 1.54) is 0 Å². The SMILES string of the molecule is C/C=C/COc1cc(Br)ccc1[C@H](C)N. The average molecular weight is 270 g/mol. The lowest BCUT2D eigenvalue weighted by Crippen LogP contribution is -2.08. The maximum Gasteiger partial charge on any atom is 0.125 e. The molecule has 0 heterocycles. The number of benzene rings is 1. The van der Waals surface area contributed by atoms with Crippen LogP contribution in [0.25, 0.3) is 0 Å². The molecule has 0 aliphatic heterocycles. The van der Waals surface area contributed by atoms with Gasteiger partial charge in [-0.2, -0.15) is 0 Å². The Morgan fingerprint density at radius 2 is 2.27 bits per heavy atom. The Bertz CT molecular complexity index is 347. The predicted molar refractivity (Wildman–Crippen MR) is 67.1 cm³/mol. The number of nitrogens with two attached hydrogens (primary N) is 1. The Morgan fingerprint density at radius 1 is 1.53 bits per heavy atom. The van der Waals surface area contributed by atoms with Gasteiger partial charge in [0.15, 0.2) is 0 Å². The Kier molecular flexibility index (Phi) is 4.85. The summed E-state index contributed by atoms with van der Waals surface area (Å²) in [6.07, 6.45) is 3.93. The van der Waals surface area contributed by atoms with E-state index in [9.17, 15) is 0 Å². The van der Waals surface area contributed by atoms with Gasteiger partial charge in [-0.15, -0.1) is 0 Å². The fourth-order valence-corrected chi connectivity index (χ4v) is 1.58. The molecule has 0 unspecified atom stereocenters. The highest BCUT2D eigenvalue weighted by molar-refractivity contribution is 9.10. The van der Waals surface area contributed by atoms with E-state index in [1.54, 1.807) is 0 Å². The Hall–Kier alpha value is -0.800. The third-order valence-corrected chi connectivity index (χ3v) is 2.53. The first-order valence-corrected chi connectivity index (χ1v) is 5.73. The van der Waals surface area contributed by atoms with Crippen molar-refractivity contribution >= 4 is 15.9 Å². The molecule has 0 radical (unpaired) electrons. The minimum absolute atomic E-state index is 0.0151. The number of halogens is 1. The molecule has 1 atom stereocenters. The van der Waals surface area contributed by atoms with Crippen molar-refractivity contribution in [2.75, 3.05) is 6.61 Å². The van der Waals surface area contributed by atoms with Crippen LogP contribution in [0, 0.1) is 0 Å². The van der Waals surface area contributed by atoms with Crippen LogP contribution in [0.1, 0.15) is 25.5 Å². The van der Waals surface area contributed by atoms with Crippen LogP contribution in [0.15, 0.2) is 34.8 Å². The molecule has 2 nitrogen and oxygen atoms in total. The topological polar surface area (TPSA) is 35.2 Å². The fraction of sp³-hybridized carbons (Fsp3) is 0.333. The molecule has 1 aromatic carbocycles. The summed E-state index contributed by atoms with van der Waals surface area (Å²) in [5, 5.41) is 0. The first-order chi connectivity index (χ1) is 7.15. The van der Waals surface area contributed by atoms with Crippen LogP contribution >= 0.6 is 15.9 Å². The van der Waals surface area contributed by atoms with E-state index in [1.807, 2.05) is 44.2 Å².